The standard InChI is InChI=1S/C19H20N2O6/c1-4-25-17(22)12-9-11-21-16(14(12)19(24)27-6-3)15-13(8-7-10-20-15)18(23)26-5-2/h7-11H,4-6H2,1-3H3. The van der Waals surface area contributed by atoms with Gasteiger partial charge in [-0.2, -0.15) is 0 Å². The molecule has 0 unspecified atom stereocenters. The van der Waals surface area contributed by atoms with Gasteiger partial charge in [0.25, 0.3) is 0 Å². The van der Waals surface area contributed by atoms with Crippen molar-refractivity contribution < 1.29 is 28.6 Å². The van der Waals surface area contributed by atoms with E-state index in [0.717, 1.165) is 0 Å². The molecule has 2 aromatic heterocycles. The molecule has 0 saturated heterocycles. The third-order valence-corrected chi connectivity index (χ3v) is 3.45. The average molecular weight is 372 g/mol. The highest BCUT2D eigenvalue weighted by Gasteiger charge is 2.28. The van der Waals surface area contributed by atoms with Gasteiger partial charge in [0.1, 0.15) is 17.0 Å². The van der Waals surface area contributed by atoms with Gasteiger partial charge >= 0.3 is 17.9 Å². The van der Waals surface area contributed by atoms with E-state index in [1.165, 1.54) is 24.5 Å². The van der Waals surface area contributed by atoms with Crippen LogP contribution >= 0.6 is 0 Å². The molecule has 2 rings (SSSR count). The van der Waals surface area contributed by atoms with Crippen LogP contribution in [0.4, 0.5) is 0 Å². The topological polar surface area (TPSA) is 105 Å². The molecule has 0 amide bonds. The van der Waals surface area contributed by atoms with Crippen LogP contribution in [-0.2, 0) is 14.2 Å². The Morgan fingerprint density at radius 1 is 0.741 bits per heavy atom. The average Bonchev–Trinajstić information content (AvgIpc) is 2.68. The Balaban J connectivity index is 2.71. The van der Waals surface area contributed by atoms with E-state index in [2.05, 4.69) is 9.97 Å². The minimum Gasteiger partial charge on any atom is -0.462 e. The van der Waals surface area contributed by atoms with Crippen molar-refractivity contribution >= 4 is 17.9 Å². The van der Waals surface area contributed by atoms with Crippen LogP contribution in [-0.4, -0.2) is 47.7 Å². The number of rotatable bonds is 7. The van der Waals surface area contributed by atoms with Crippen LogP contribution < -0.4 is 0 Å². The molecule has 0 radical (unpaired) electrons. The second kappa shape index (κ2) is 9.42. The summed E-state index contributed by atoms with van der Waals surface area (Å²) in [7, 11) is 0. The predicted octanol–water partition coefficient (Wildman–Crippen LogP) is 2.67. The maximum Gasteiger partial charge on any atom is 0.341 e. The summed E-state index contributed by atoms with van der Waals surface area (Å²) in [5.74, 6) is -2.07. The van der Waals surface area contributed by atoms with Crippen LogP contribution in [0.2, 0.25) is 0 Å². The first-order chi connectivity index (χ1) is 13.0. The van der Waals surface area contributed by atoms with E-state index < -0.39 is 17.9 Å². The minimum atomic E-state index is -0.760. The fourth-order valence-corrected chi connectivity index (χ4v) is 2.40. The van der Waals surface area contributed by atoms with Gasteiger partial charge in [0.2, 0.25) is 0 Å². The molecule has 0 aliphatic carbocycles. The number of hydrogen-bond acceptors (Lipinski definition) is 8. The highest BCUT2D eigenvalue weighted by atomic mass is 16.5. The summed E-state index contributed by atoms with van der Waals surface area (Å²) in [6, 6.07) is 4.43. The summed E-state index contributed by atoms with van der Waals surface area (Å²) in [6.07, 6.45) is 2.79. The van der Waals surface area contributed by atoms with Gasteiger partial charge in [-0.05, 0) is 39.0 Å². The van der Waals surface area contributed by atoms with Crippen molar-refractivity contribution in [3.05, 3.63) is 47.3 Å². The lowest BCUT2D eigenvalue weighted by Crippen LogP contribution is -2.17. The molecule has 8 nitrogen and oxygen atoms in total. The molecule has 0 aliphatic rings. The molecular formula is C19H20N2O6. The van der Waals surface area contributed by atoms with Gasteiger partial charge in [-0.25, -0.2) is 14.4 Å². The summed E-state index contributed by atoms with van der Waals surface area (Å²) in [5, 5.41) is 0. The molecule has 2 heterocycles. The molecule has 27 heavy (non-hydrogen) atoms. The van der Waals surface area contributed by atoms with Crippen molar-refractivity contribution in [1.82, 2.24) is 9.97 Å². The largest absolute Gasteiger partial charge is 0.462 e. The van der Waals surface area contributed by atoms with Crippen molar-refractivity contribution in [3.8, 4) is 11.4 Å². The zero-order chi connectivity index (χ0) is 19.8. The summed E-state index contributed by atoms with van der Waals surface area (Å²) >= 11 is 0. The first-order valence-corrected chi connectivity index (χ1v) is 8.50. The summed E-state index contributed by atoms with van der Waals surface area (Å²) in [6.45, 7) is 5.38. The van der Waals surface area contributed by atoms with Crippen LogP contribution in [0.1, 0.15) is 51.8 Å². The zero-order valence-corrected chi connectivity index (χ0v) is 15.4. The Labute approximate surface area is 156 Å². The highest BCUT2D eigenvalue weighted by Crippen LogP contribution is 2.27. The Morgan fingerprint density at radius 2 is 1.30 bits per heavy atom. The Hall–Kier alpha value is -3.29. The predicted molar refractivity (Wildman–Crippen MR) is 95.3 cm³/mol. The molecule has 0 aliphatic heterocycles. The van der Waals surface area contributed by atoms with E-state index in [-0.39, 0.29) is 47.9 Å². The highest BCUT2D eigenvalue weighted by molar-refractivity contribution is 6.08. The van der Waals surface area contributed by atoms with Crippen molar-refractivity contribution in [1.29, 1.82) is 0 Å². The van der Waals surface area contributed by atoms with Gasteiger partial charge in [-0.15, -0.1) is 0 Å². The van der Waals surface area contributed by atoms with Crippen molar-refractivity contribution in [2.75, 3.05) is 19.8 Å². The number of carbonyl (C=O) groups is 3. The Kier molecular flexibility index (Phi) is 6.99. The second-order valence-corrected chi connectivity index (χ2v) is 5.14. The normalized spacial score (nSPS) is 10.2. The molecule has 0 aromatic carbocycles. The van der Waals surface area contributed by atoms with Crippen LogP contribution in [0.15, 0.2) is 30.6 Å². The first kappa shape index (κ1) is 20.0. The molecule has 0 fully saturated rings. The van der Waals surface area contributed by atoms with E-state index in [1.807, 2.05) is 0 Å². The third-order valence-electron chi connectivity index (χ3n) is 3.45. The van der Waals surface area contributed by atoms with Crippen molar-refractivity contribution in [3.63, 3.8) is 0 Å². The Morgan fingerprint density at radius 3 is 1.93 bits per heavy atom. The SMILES string of the molecule is CCOC(=O)c1cccnc1-c1nccc(C(=O)OCC)c1C(=O)OCC. The van der Waals surface area contributed by atoms with Gasteiger partial charge in [0.05, 0.1) is 30.9 Å². The maximum absolute atomic E-state index is 12.6. The van der Waals surface area contributed by atoms with Crippen LogP contribution in [0.5, 0.6) is 0 Å². The maximum atomic E-state index is 12.6. The van der Waals surface area contributed by atoms with E-state index in [9.17, 15) is 14.4 Å². The first-order valence-electron chi connectivity index (χ1n) is 8.50. The van der Waals surface area contributed by atoms with Gasteiger partial charge in [-0.3, -0.25) is 9.97 Å². The molecular weight excluding hydrogens is 352 g/mol. The fraction of sp³-hybridized carbons (Fsp3) is 0.316. The summed E-state index contributed by atoms with van der Waals surface area (Å²) in [5.41, 5.74) is 0.161. The van der Waals surface area contributed by atoms with Gasteiger partial charge < -0.3 is 14.2 Å². The number of carbonyl (C=O) groups excluding carboxylic acids is 3. The molecule has 2 aromatic rings. The molecule has 0 N–H and O–H groups in total. The lowest BCUT2D eigenvalue weighted by atomic mass is 10.0. The minimum absolute atomic E-state index is 0.0132. The number of hydrogen-bond donors (Lipinski definition) is 0. The summed E-state index contributed by atoms with van der Waals surface area (Å²) in [4.78, 5) is 45.5. The second-order valence-electron chi connectivity index (χ2n) is 5.14. The van der Waals surface area contributed by atoms with Gasteiger partial charge in [0, 0.05) is 12.4 Å². The van der Waals surface area contributed by atoms with E-state index in [1.54, 1.807) is 26.8 Å². The van der Waals surface area contributed by atoms with Gasteiger partial charge in [-0.1, -0.05) is 0 Å². The zero-order valence-electron chi connectivity index (χ0n) is 15.4. The van der Waals surface area contributed by atoms with E-state index in [0.29, 0.717) is 0 Å². The monoisotopic (exact) mass is 372 g/mol. The van der Waals surface area contributed by atoms with Crippen LogP contribution in [0.3, 0.4) is 0 Å². The molecule has 0 atom stereocenters. The molecule has 142 valence electrons. The smallest absolute Gasteiger partial charge is 0.341 e. The van der Waals surface area contributed by atoms with Crippen molar-refractivity contribution in [2.24, 2.45) is 0 Å². The number of esters is 3. The van der Waals surface area contributed by atoms with Crippen molar-refractivity contribution in [2.45, 2.75) is 20.8 Å². The quantitative estimate of drug-likeness (QED) is 0.540. The number of aromatic nitrogens is 2. The lowest BCUT2D eigenvalue weighted by molar-refractivity contribution is 0.0479. The van der Waals surface area contributed by atoms with Crippen LogP contribution in [0, 0.1) is 0 Å². The van der Waals surface area contributed by atoms with Crippen LogP contribution in [0.25, 0.3) is 11.4 Å². The summed E-state index contributed by atoms with van der Waals surface area (Å²) < 4.78 is 15.1. The van der Waals surface area contributed by atoms with E-state index in [4.69, 9.17) is 14.2 Å². The Bertz CT molecular complexity index is 850. The van der Waals surface area contributed by atoms with Gasteiger partial charge in [0.15, 0.2) is 0 Å². The number of pyridine rings is 2. The molecule has 0 bridgehead atoms. The number of ether oxygens (including phenoxy) is 3. The number of nitrogens with zero attached hydrogens (tertiary/aromatic N) is 2. The molecule has 0 spiro atoms. The lowest BCUT2D eigenvalue weighted by Gasteiger charge is -2.13. The molecule has 8 heteroatoms. The third kappa shape index (κ3) is 4.46. The fourth-order valence-electron chi connectivity index (χ4n) is 2.40. The molecule has 0 saturated carbocycles. The van der Waals surface area contributed by atoms with E-state index >= 15 is 0 Å².